The Hall–Kier alpha value is -0.510. The summed E-state index contributed by atoms with van der Waals surface area (Å²) >= 11 is 0. The second kappa shape index (κ2) is 27.5. The molecule has 188 valence electrons. The Morgan fingerprint density at radius 1 is 0.645 bits per heavy atom. The fraction of sp³-hybridized carbons (Fsp3) is 0.905. The van der Waals surface area contributed by atoms with Gasteiger partial charge in [-0.05, 0) is 24.5 Å². The molecule has 9 nitrogen and oxygen atoms in total. The van der Waals surface area contributed by atoms with Crippen molar-refractivity contribution in [1.29, 1.82) is 0 Å². The highest BCUT2D eigenvalue weighted by atomic mass is 31.2. The van der Waals surface area contributed by atoms with Gasteiger partial charge in [0.25, 0.3) is 0 Å². The van der Waals surface area contributed by atoms with Crippen molar-refractivity contribution in [2.75, 3.05) is 6.61 Å². The first kappa shape index (κ1) is 32.7. The zero-order valence-electron chi connectivity index (χ0n) is 19.4. The van der Waals surface area contributed by atoms with E-state index in [-0.39, 0.29) is 0 Å². The lowest BCUT2D eigenvalue weighted by Crippen LogP contribution is -1.99. The lowest BCUT2D eigenvalue weighted by molar-refractivity contribution is -0.700. The molecular weight excluding hydrogens is 427 g/mol. The SMILES string of the molecule is CC=COOOOOCCCCCCCCCCCCCCCCCC.O=P(O)(O)O. The Bertz CT molecular complexity index is 394. The number of allylic oxidation sites excluding steroid dienone is 1. The van der Waals surface area contributed by atoms with E-state index in [9.17, 15) is 0 Å². The maximum atomic E-state index is 8.88. The average Bonchev–Trinajstić information content (AvgIpc) is 2.70. The molecule has 0 aliphatic carbocycles. The van der Waals surface area contributed by atoms with Gasteiger partial charge in [-0.3, -0.25) is 0 Å². The summed E-state index contributed by atoms with van der Waals surface area (Å²) in [4.78, 5) is 30.8. The summed E-state index contributed by atoms with van der Waals surface area (Å²) in [7, 11) is -4.64. The molecular formula is C21H45O9P. The molecule has 3 N–H and O–H groups in total. The Labute approximate surface area is 188 Å². The normalized spacial score (nSPS) is 11.5. The van der Waals surface area contributed by atoms with E-state index >= 15 is 0 Å². The summed E-state index contributed by atoms with van der Waals surface area (Å²) in [6.07, 6.45) is 24.6. The summed E-state index contributed by atoms with van der Waals surface area (Å²) in [5.41, 5.74) is 0. The van der Waals surface area contributed by atoms with Gasteiger partial charge in [-0.1, -0.05) is 103 Å². The number of rotatable bonds is 22. The summed E-state index contributed by atoms with van der Waals surface area (Å²) < 4.78 is 8.88. The Morgan fingerprint density at radius 3 is 1.42 bits per heavy atom. The van der Waals surface area contributed by atoms with Crippen LogP contribution < -0.4 is 0 Å². The molecule has 0 aromatic heterocycles. The van der Waals surface area contributed by atoms with E-state index in [1.807, 2.05) is 0 Å². The van der Waals surface area contributed by atoms with Crippen LogP contribution in [0, 0.1) is 0 Å². The Kier molecular flexibility index (Phi) is 29.0. The van der Waals surface area contributed by atoms with Crippen molar-refractivity contribution in [2.45, 2.75) is 117 Å². The highest BCUT2D eigenvalue weighted by Gasteiger charge is 2.00. The van der Waals surface area contributed by atoms with Gasteiger partial charge in [0.2, 0.25) is 0 Å². The minimum Gasteiger partial charge on any atom is -0.314 e. The van der Waals surface area contributed by atoms with Crippen LogP contribution in [-0.2, 0) is 29.5 Å². The molecule has 0 heterocycles. The second-order valence-corrected chi connectivity index (χ2v) is 8.43. The van der Waals surface area contributed by atoms with Crippen molar-refractivity contribution in [2.24, 2.45) is 0 Å². The van der Waals surface area contributed by atoms with E-state index in [1.165, 1.54) is 96.2 Å². The van der Waals surface area contributed by atoms with E-state index in [4.69, 9.17) is 24.1 Å². The smallest absolute Gasteiger partial charge is 0.314 e. The minimum absolute atomic E-state index is 0.491. The van der Waals surface area contributed by atoms with Crippen molar-refractivity contribution in [3.63, 3.8) is 0 Å². The summed E-state index contributed by atoms with van der Waals surface area (Å²) in [6.45, 7) is 4.56. The summed E-state index contributed by atoms with van der Waals surface area (Å²) in [5.74, 6) is 0. The van der Waals surface area contributed by atoms with Crippen LogP contribution in [0.2, 0.25) is 0 Å². The number of phosphoric acid groups is 1. The van der Waals surface area contributed by atoms with Crippen molar-refractivity contribution in [3.8, 4) is 0 Å². The molecule has 0 radical (unpaired) electrons. The minimum atomic E-state index is -4.64. The lowest BCUT2D eigenvalue weighted by atomic mass is 10.0. The predicted molar refractivity (Wildman–Crippen MR) is 119 cm³/mol. The van der Waals surface area contributed by atoms with Gasteiger partial charge in [0.15, 0.2) is 0 Å². The maximum Gasteiger partial charge on any atom is 0.466 e. The van der Waals surface area contributed by atoms with Crippen LogP contribution in [0.5, 0.6) is 0 Å². The van der Waals surface area contributed by atoms with Gasteiger partial charge >= 0.3 is 7.82 Å². The molecule has 0 saturated heterocycles. The van der Waals surface area contributed by atoms with E-state index in [0.717, 1.165) is 12.8 Å². The standard InChI is InChI=1S/C21H42O5.H3O4P/c1-3-5-6-7-8-9-10-11-12-13-14-15-16-17-18-19-21-23-25-26-24-22-20-4-2;1-5(2,3)4/h4,20H,3,5-19,21H2,1-2H3;(H3,1,2,3,4). The van der Waals surface area contributed by atoms with Crippen LogP contribution in [0.1, 0.15) is 117 Å². The second-order valence-electron chi connectivity index (χ2n) is 7.41. The van der Waals surface area contributed by atoms with Crippen molar-refractivity contribution in [3.05, 3.63) is 12.3 Å². The average molecular weight is 473 g/mol. The largest absolute Gasteiger partial charge is 0.466 e. The molecule has 0 aliphatic heterocycles. The van der Waals surface area contributed by atoms with E-state index in [0.29, 0.717) is 6.61 Å². The van der Waals surface area contributed by atoms with Crippen molar-refractivity contribution in [1.82, 2.24) is 0 Å². The first-order valence-corrected chi connectivity index (χ1v) is 13.2. The highest BCUT2D eigenvalue weighted by Crippen LogP contribution is 2.25. The maximum absolute atomic E-state index is 8.88. The molecule has 0 unspecified atom stereocenters. The van der Waals surface area contributed by atoms with Gasteiger partial charge in [0.05, 0.1) is 6.61 Å². The van der Waals surface area contributed by atoms with Crippen LogP contribution >= 0.6 is 7.82 Å². The number of unbranched alkanes of at least 4 members (excludes halogenated alkanes) is 15. The molecule has 0 atom stereocenters. The molecule has 0 spiro atoms. The monoisotopic (exact) mass is 472 g/mol. The Balaban J connectivity index is 0. The van der Waals surface area contributed by atoms with Crippen LogP contribution in [0.15, 0.2) is 12.3 Å². The van der Waals surface area contributed by atoms with Crippen molar-refractivity contribution < 1.29 is 44.1 Å². The van der Waals surface area contributed by atoms with Crippen LogP contribution in [-0.4, -0.2) is 21.3 Å². The third-order valence-electron chi connectivity index (χ3n) is 4.42. The third kappa shape index (κ3) is 44.1. The molecule has 0 bridgehead atoms. The number of hydrogen-bond donors (Lipinski definition) is 3. The van der Waals surface area contributed by atoms with Gasteiger partial charge in [0, 0.05) is 10.1 Å². The molecule has 0 fully saturated rings. The molecule has 10 heteroatoms. The van der Waals surface area contributed by atoms with Crippen LogP contribution in [0.25, 0.3) is 0 Å². The molecule has 0 rings (SSSR count). The highest BCUT2D eigenvalue weighted by molar-refractivity contribution is 7.45. The van der Waals surface area contributed by atoms with Crippen LogP contribution in [0.3, 0.4) is 0 Å². The molecule has 0 aromatic rings. The zero-order valence-corrected chi connectivity index (χ0v) is 20.3. The van der Waals surface area contributed by atoms with Gasteiger partial charge in [-0.15, -0.1) is 0 Å². The third-order valence-corrected chi connectivity index (χ3v) is 4.42. The molecule has 31 heavy (non-hydrogen) atoms. The quantitative estimate of drug-likeness (QED) is 0.0525. The molecule has 0 amide bonds. The topological polar surface area (TPSA) is 124 Å². The van der Waals surface area contributed by atoms with E-state index < -0.39 is 7.82 Å². The van der Waals surface area contributed by atoms with Gasteiger partial charge in [-0.2, -0.15) is 0 Å². The molecule has 0 aliphatic rings. The molecule has 0 aromatic carbocycles. The van der Waals surface area contributed by atoms with Crippen LogP contribution in [0.4, 0.5) is 0 Å². The number of hydrogen-bond acceptors (Lipinski definition) is 6. The first-order valence-electron chi connectivity index (χ1n) is 11.6. The zero-order chi connectivity index (χ0) is 23.5. The summed E-state index contributed by atoms with van der Waals surface area (Å²) in [6, 6.07) is 0. The molecule has 0 saturated carbocycles. The Morgan fingerprint density at radius 2 is 1.03 bits per heavy atom. The lowest BCUT2D eigenvalue weighted by Gasteiger charge is -2.03. The fourth-order valence-corrected chi connectivity index (χ4v) is 2.87. The van der Waals surface area contributed by atoms with Gasteiger partial charge in [-0.25, -0.2) is 9.45 Å². The van der Waals surface area contributed by atoms with E-state index in [1.54, 1.807) is 13.0 Å². The van der Waals surface area contributed by atoms with E-state index in [2.05, 4.69) is 26.9 Å². The summed E-state index contributed by atoms with van der Waals surface area (Å²) in [5, 5.41) is 12.7. The predicted octanol–water partition coefficient (Wildman–Crippen LogP) is 6.60. The van der Waals surface area contributed by atoms with Crippen molar-refractivity contribution >= 4 is 7.82 Å². The fourth-order valence-electron chi connectivity index (χ4n) is 2.87. The van der Waals surface area contributed by atoms with Gasteiger partial charge in [0.1, 0.15) is 6.26 Å². The first-order chi connectivity index (χ1) is 14.9. The van der Waals surface area contributed by atoms with Gasteiger partial charge < -0.3 is 19.6 Å².